The monoisotopic (exact) mass is 446 g/mol. The van der Waals surface area contributed by atoms with Gasteiger partial charge in [-0.15, -0.1) is 0 Å². The summed E-state index contributed by atoms with van der Waals surface area (Å²) in [5, 5.41) is 0. The predicted molar refractivity (Wildman–Crippen MR) is 126 cm³/mol. The zero-order valence-electron chi connectivity index (χ0n) is 19.2. The number of aryl methyl sites for hydroxylation is 2. The first-order valence-corrected chi connectivity index (χ1v) is 11.5. The van der Waals surface area contributed by atoms with Crippen LogP contribution < -0.4 is 4.90 Å². The normalized spacial score (nSPS) is 14.3. The molecule has 1 aromatic carbocycles. The van der Waals surface area contributed by atoms with Crippen molar-refractivity contribution in [2.24, 2.45) is 5.92 Å². The molecule has 0 unspecified atom stereocenters. The summed E-state index contributed by atoms with van der Waals surface area (Å²) in [6, 6.07) is 14.0. The van der Waals surface area contributed by atoms with Crippen LogP contribution in [0.25, 0.3) is 0 Å². The number of rotatable bonds is 8. The van der Waals surface area contributed by atoms with Gasteiger partial charge in [0, 0.05) is 49.0 Å². The lowest BCUT2D eigenvalue weighted by molar-refractivity contribution is -0.148. The lowest BCUT2D eigenvalue weighted by Gasteiger charge is -2.30. The molecule has 33 heavy (non-hydrogen) atoms. The van der Waals surface area contributed by atoms with E-state index in [4.69, 9.17) is 4.74 Å². The molecule has 1 aliphatic heterocycles. The van der Waals surface area contributed by atoms with Gasteiger partial charge in [0.15, 0.2) is 6.61 Å². The van der Waals surface area contributed by atoms with E-state index in [2.05, 4.69) is 31.6 Å². The first kappa shape index (κ1) is 22.7. The minimum Gasteiger partial charge on any atom is -0.457 e. The van der Waals surface area contributed by atoms with Gasteiger partial charge < -0.3 is 14.2 Å². The van der Waals surface area contributed by atoms with Gasteiger partial charge in [-0.25, -0.2) is 9.97 Å². The molecule has 3 heterocycles. The van der Waals surface area contributed by atoms with E-state index in [1.807, 2.05) is 38.1 Å². The van der Waals surface area contributed by atoms with Crippen molar-refractivity contribution in [1.29, 1.82) is 0 Å². The quantitative estimate of drug-likeness (QED) is 0.387. The number of hydrogen-bond acceptors (Lipinski definition) is 6. The Morgan fingerprint density at radius 3 is 2.42 bits per heavy atom. The maximum absolute atomic E-state index is 12.8. The maximum atomic E-state index is 12.8. The van der Waals surface area contributed by atoms with Crippen molar-refractivity contribution >= 4 is 17.7 Å². The van der Waals surface area contributed by atoms with E-state index < -0.39 is 0 Å². The van der Waals surface area contributed by atoms with Crippen molar-refractivity contribution in [2.75, 3.05) is 24.6 Å². The second-order valence-electron chi connectivity index (χ2n) is 8.51. The molecule has 0 saturated carbocycles. The van der Waals surface area contributed by atoms with Crippen LogP contribution in [0, 0.1) is 19.8 Å². The third kappa shape index (κ3) is 5.48. The van der Waals surface area contributed by atoms with Crippen molar-refractivity contribution in [3.63, 3.8) is 0 Å². The molecule has 0 spiro atoms. The van der Waals surface area contributed by atoms with Crippen LogP contribution in [0.15, 0.2) is 54.9 Å². The first-order valence-electron chi connectivity index (χ1n) is 11.5. The van der Waals surface area contributed by atoms with Gasteiger partial charge in [0.1, 0.15) is 0 Å². The predicted octanol–water partition coefficient (Wildman–Crippen LogP) is 3.78. The number of carbonyl (C=O) groups excluding carboxylic acids is 2. The molecular weight excluding hydrogens is 416 g/mol. The molecule has 7 nitrogen and oxygen atoms in total. The van der Waals surface area contributed by atoms with Crippen molar-refractivity contribution < 1.29 is 14.3 Å². The molecule has 4 rings (SSSR count). The molecule has 1 fully saturated rings. The fourth-order valence-corrected chi connectivity index (χ4v) is 4.42. The summed E-state index contributed by atoms with van der Waals surface area (Å²) in [5.74, 6) is 0.0329. The number of esters is 1. The molecule has 0 aliphatic carbocycles. The smallest absolute Gasteiger partial charge is 0.309 e. The number of ether oxygens (including phenoxy) is 1. The molecule has 7 heteroatoms. The van der Waals surface area contributed by atoms with Crippen LogP contribution in [0.4, 0.5) is 5.95 Å². The summed E-state index contributed by atoms with van der Waals surface area (Å²) < 4.78 is 7.58. The Morgan fingerprint density at radius 2 is 1.73 bits per heavy atom. The van der Waals surface area contributed by atoms with E-state index in [0.717, 1.165) is 24.4 Å². The average molecular weight is 447 g/mol. The maximum Gasteiger partial charge on any atom is 0.309 e. The number of Topliss-reactive ketones (excluding diaryl/α,β-unsaturated/α-hetero) is 1. The first-order chi connectivity index (χ1) is 16.0. The Labute approximate surface area is 194 Å². The van der Waals surface area contributed by atoms with Crippen LogP contribution >= 0.6 is 0 Å². The third-order valence-corrected chi connectivity index (χ3v) is 6.35. The fraction of sp³-hybridized carbons (Fsp3) is 0.385. The van der Waals surface area contributed by atoms with Gasteiger partial charge in [-0.2, -0.15) is 0 Å². The summed E-state index contributed by atoms with van der Waals surface area (Å²) >= 11 is 0. The summed E-state index contributed by atoms with van der Waals surface area (Å²) in [4.78, 5) is 36.0. The van der Waals surface area contributed by atoms with E-state index in [1.54, 1.807) is 18.5 Å². The number of benzene rings is 1. The molecule has 0 N–H and O–H groups in total. The second-order valence-corrected chi connectivity index (χ2v) is 8.51. The highest BCUT2D eigenvalue weighted by Gasteiger charge is 2.28. The number of piperidine rings is 1. The van der Waals surface area contributed by atoms with Crippen LogP contribution in [0.1, 0.15) is 40.2 Å². The van der Waals surface area contributed by atoms with Crippen LogP contribution in [0.5, 0.6) is 0 Å². The third-order valence-electron chi connectivity index (χ3n) is 6.35. The molecule has 1 aliphatic rings. The molecule has 0 amide bonds. The largest absolute Gasteiger partial charge is 0.457 e. The Hall–Kier alpha value is -3.48. The minimum atomic E-state index is -0.296. The van der Waals surface area contributed by atoms with Crippen LogP contribution in [-0.2, 0) is 22.5 Å². The van der Waals surface area contributed by atoms with E-state index in [0.29, 0.717) is 37.4 Å². The topological polar surface area (TPSA) is 77.3 Å². The Morgan fingerprint density at radius 1 is 1.03 bits per heavy atom. The van der Waals surface area contributed by atoms with Gasteiger partial charge in [-0.3, -0.25) is 9.59 Å². The van der Waals surface area contributed by atoms with Crippen LogP contribution in [0.2, 0.25) is 0 Å². The number of nitrogens with zero attached hydrogens (tertiary/aromatic N) is 4. The van der Waals surface area contributed by atoms with E-state index in [1.165, 1.54) is 5.56 Å². The van der Waals surface area contributed by atoms with E-state index in [-0.39, 0.29) is 24.3 Å². The standard InChI is InChI=1S/C26H30N4O3/c1-19-17-23(20(2)30(19)16-9-21-7-4-3-5-8-21)24(31)18-33-25(32)22-10-14-29(15-11-22)26-27-12-6-13-28-26/h3-8,12-13,17,22H,9-11,14-16,18H2,1-2H3. The molecular formula is C26H30N4O3. The van der Waals surface area contributed by atoms with Crippen molar-refractivity contribution in [3.05, 3.63) is 77.4 Å². The van der Waals surface area contributed by atoms with Gasteiger partial charge in [0.2, 0.25) is 11.7 Å². The molecule has 0 bridgehead atoms. The number of anilines is 1. The molecule has 1 saturated heterocycles. The van der Waals surface area contributed by atoms with Crippen molar-refractivity contribution in [1.82, 2.24) is 14.5 Å². The zero-order chi connectivity index (χ0) is 23.2. The Kier molecular flexibility index (Phi) is 7.17. The van der Waals surface area contributed by atoms with Gasteiger partial charge in [-0.05, 0) is 50.8 Å². The summed E-state index contributed by atoms with van der Waals surface area (Å²) in [6.45, 7) is 5.93. The molecule has 2 aromatic heterocycles. The van der Waals surface area contributed by atoms with E-state index in [9.17, 15) is 9.59 Å². The van der Waals surface area contributed by atoms with Crippen LogP contribution in [0.3, 0.4) is 0 Å². The Bertz CT molecular complexity index is 1090. The van der Waals surface area contributed by atoms with Gasteiger partial charge in [-0.1, -0.05) is 30.3 Å². The molecule has 0 radical (unpaired) electrons. The second kappa shape index (κ2) is 10.4. The highest BCUT2D eigenvalue weighted by molar-refractivity contribution is 5.99. The highest BCUT2D eigenvalue weighted by Crippen LogP contribution is 2.22. The SMILES string of the molecule is Cc1cc(C(=O)COC(=O)C2CCN(c3ncccn3)CC2)c(C)n1CCc1ccccc1. The summed E-state index contributed by atoms with van der Waals surface area (Å²) in [6.07, 6.45) is 5.66. The molecule has 0 atom stereocenters. The lowest BCUT2D eigenvalue weighted by Crippen LogP contribution is -2.38. The van der Waals surface area contributed by atoms with Gasteiger partial charge in [0.25, 0.3) is 0 Å². The minimum absolute atomic E-state index is 0.155. The van der Waals surface area contributed by atoms with Crippen molar-refractivity contribution in [3.8, 4) is 0 Å². The summed E-state index contributed by atoms with van der Waals surface area (Å²) in [7, 11) is 0. The van der Waals surface area contributed by atoms with Crippen molar-refractivity contribution in [2.45, 2.75) is 39.7 Å². The van der Waals surface area contributed by atoms with Crippen LogP contribution in [-0.4, -0.2) is 46.0 Å². The zero-order valence-corrected chi connectivity index (χ0v) is 19.2. The number of hydrogen-bond donors (Lipinski definition) is 0. The van der Waals surface area contributed by atoms with E-state index >= 15 is 0 Å². The summed E-state index contributed by atoms with van der Waals surface area (Å²) in [5.41, 5.74) is 3.84. The van der Waals surface area contributed by atoms with Gasteiger partial charge >= 0.3 is 5.97 Å². The number of carbonyl (C=O) groups is 2. The van der Waals surface area contributed by atoms with Gasteiger partial charge in [0.05, 0.1) is 5.92 Å². The Balaban J connectivity index is 1.28. The highest BCUT2D eigenvalue weighted by atomic mass is 16.5. The number of aromatic nitrogens is 3. The molecule has 3 aromatic rings. The molecule has 172 valence electrons. The number of ketones is 1. The lowest BCUT2D eigenvalue weighted by atomic mass is 9.97. The average Bonchev–Trinajstić information content (AvgIpc) is 3.15. The fourth-order valence-electron chi connectivity index (χ4n) is 4.42.